The Bertz CT molecular complexity index is 547. The Morgan fingerprint density at radius 3 is 2.95 bits per heavy atom. The van der Waals surface area contributed by atoms with Crippen molar-refractivity contribution in [2.45, 2.75) is 6.54 Å². The summed E-state index contributed by atoms with van der Waals surface area (Å²) < 4.78 is 12.9. The monoisotopic (exact) mass is 260 g/mol. The highest BCUT2D eigenvalue weighted by atomic mass is 19.1. The van der Waals surface area contributed by atoms with Gasteiger partial charge >= 0.3 is 0 Å². The van der Waals surface area contributed by atoms with E-state index in [1.165, 1.54) is 18.5 Å². The molecule has 0 spiro atoms. The molecule has 1 aromatic carbocycles. The first kappa shape index (κ1) is 13.1. The Labute approximate surface area is 109 Å². The van der Waals surface area contributed by atoms with Crippen LogP contribution in [0.4, 0.5) is 10.1 Å². The zero-order valence-electron chi connectivity index (χ0n) is 10.1. The number of rotatable bonds is 5. The average molecular weight is 260 g/mol. The molecule has 1 amide bonds. The lowest BCUT2D eigenvalue weighted by atomic mass is 10.3. The van der Waals surface area contributed by atoms with Crippen molar-refractivity contribution in [2.24, 2.45) is 0 Å². The lowest BCUT2D eigenvalue weighted by Gasteiger charge is -2.06. The number of amides is 1. The van der Waals surface area contributed by atoms with Crippen molar-refractivity contribution in [1.29, 1.82) is 0 Å². The summed E-state index contributed by atoms with van der Waals surface area (Å²) in [7, 11) is 0. The van der Waals surface area contributed by atoms with Crippen LogP contribution in [0, 0.1) is 5.82 Å². The maximum absolute atomic E-state index is 12.9. The van der Waals surface area contributed by atoms with Crippen LogP contribution in [0.15, 0.2) is 42.9 Å². The minimum atomic E-state index is -0.383. The van der Waals surface area contributed by atoms with Crippen molar-refractivity contribution >= 4 is 11.6 Å². The molecule has 0 aliphatic carbocycles. The zero-order valence-corrected chi connectivity index (χ0v) is 10.1. The van der Waals surface area contributed by atoms with Gasteiger partial charge in [0, 0.05) is 18.4 Å². The molecule has 0 saturated heterocycles. The van der Waals surface area contributed by atoms with Gasteiger partial charge in [0.1, 0.15) is 12.1 Å². The molecule has 1 aromatic heterocycles. The number of anilines is 1. The number of nitrogens with one attached hydrogen (secondary N) is 2. The highest BCUT2D eigenvalue weighted by Gasteiger charge is 2.02. The lowest BCUT2D eigenvalue weighted by Crippen LogP contribution is -2.28. The highest BCUT2D eigenvalue weighted by molar-refractivity contribution is 5.92. The normalized spacial score (nSPS) is 10.2. The summed E-state index contributed by atoms with van der Waals surface area (Å²) in [5.41, 5.74) is 1.24. The third-order valence-corrected chi connectivity index (χ3v) is 2.34. The van der Waals surface area contributed by atoms with Crippen molar-refractivity contribution in [3.05, 3.63) is 54.4 Å². The maximum atomic E-state index is 12.9. The zero-order chi connectivity index (χ0) is 13.5. The molecule has 1 heterocycles. The minimum absolute atomic E-state index is 0.126. The minimum Gasteiger partial charge on any atom is -0.325 e. The van der Waals surface area contributed by atoms with Crippen LogP contribution >= 0.6 is 0 Å². The molecule has 0 aliphatic heterocycles. The molecule has 6 heteroatoms. The molecule has 0 bridgehead atoms. The van der Waals surface area contributed by atoms with Crippen LogP contribution in [0.1, 0.15) is 5.69 Å². The summed E-state index contributed by atoms with van der Waals surface area (Å²) in [6.45, 7) is 0.597. The molecule has 98 valence electrons. The molecule has 0 aliphatic rings. The molecule has 0 unspecified atom stereocenters. The van der Waals surface area contributed by atoms with Crippen molar-refractivity contribution in [3.63, 3.8) is 0 Å². The molecule has 2 aromatic rings. The molecule has 5 nitrogen and oxygen atoms in total. The number of hydrogen-bond acceptors (Lipinski definition) is 4. The smallest absolute Gasteiger partial charge is 0.238 e. The molecule has 2 N–H and O–H groups in total. The van der Waals surface area contributed by atoms with E-state index in [-0.39, 0.29) is 18.3 Å². The number of nitrogens with zero attached hydrogens (tertiary/aromatic N) is 2. The number of aromatic nitrogens is 2. The van der Waals surface area contributed by atoms with E-state index in [1.54, 1.807) is 24.4 Å². The van der Waals surface area contributed by atoms with Gasteiger partial charge in [0.05, 0.1) is 12.2 Å². The van der Waals surface area contributed by atoms with Gasteiger partial charge in [-0.2, -0.15) is 0 Å². The second-order valence-electron chi connectivity index (χ2n) is 3.86. The Hall–Kier alpha value is -2.34. The Morgan fingerprint density at radius 1 is 1.32 bits per heavy atom. The van der Waals surface area contributed by atoms with Crippen LogP contribution in [0.5, 0.6) is 0 Å². The first-order valence-electron chi connectivity index (χ1n) is 5.75. The third-order valence-electron chi connectivity index (χ3n) is 2.34. The molecular weight excluding hydrogens is 247 g/mol. The van der Waals surface area contributed by atoms with E-state index < -0.39 is 0 Å². The maximum Gasteiger partial charge on any atom is 0.238 e. The first-order valence-corrected chi connectivity index (χ1v) is 5.75. The number of benzene rings is 1. The molecule has 0 radical (unpaired) electrons. The average Bonchev–Trinajstić information content (AvgIpc) is 2.40. The van der Waals surface area contributed by atoms with Gasteiger partial charge < -0.3 is 10.6 Å². The van der Waals surface area contributed by atoms with Gasteiger partial charge in [0.15, 0.2) is 0 Å². The van der Waals surface area contributed by atoms with E-state index in [4.69, 9.17) is 0 Å². The summed E-state index contributed by atoms with van der Waals surface area (Å²) >= 11 is 0. The van der Waals surface area contributed by atoms with Gasteiger partial charge in [-0.25, -0.2) is 14.4 Å². The Balaban J connectivity index is 1.76. The Morgan fingerprint density at radius 2 is 2.21 bits per heavy atom. The summed E-state index contributed by atoms with van der Waals surface area (Å²) in [5, 5.41) is 5.54. The van der Waals surface area contributed by atoms with Gasteiger partial charge in [0.25, 0.3) is 0 Å². The van der Waals surface area contributed by atoms with Gasteiger partial charge in [-0.1, -0.05) is 6.07 Å². The van der Waals surface area contributed by atoms with E-state index >= 15 is 0 Å². The number of halogens is 1. The molecule has 2 rings (SSSR count). The van der Waals surface area contributed by atoms with Crippen LogP contribution in [-0.2, 0) is 11.3 Å². The van der Waals surface area contributed by atoms with E-state index in [0.717, 1.165) is 5.69 Å². The van der Waals surface area contributed by atoms with Crippen molar-refractivity contribution in [2.75, 3.05) is 11.9 Å². The molecular formula is C13H13FN4O. The summed E-state index contributed by atoms with van der Waals surface area (Å²) in [6, 6.07) is 7.52. The van der Waals surface area contributed by atoms with Gasteiger partial charge in [-0.05, 0) is 24.3 Å². The lowest BCUT2D eigenvalue weighted by molar-refractivity contribution is -0.115. The van der Waals surface area contributed by atoms with Crippen LogP contribution in [0.3, 0.4) is 0 Å². The van der Waals surface area contributed by atoms with Crippen molar-refractivity contribution < 1.29 is 9.18 Å². The van der Waals surface area contributed by atoms with E-state index in [2.05, 4.69) is 20.6 Å². The number of hydrogen-bond donors (Lipinski definition) is 2. The molecule has 19 heavy (non-hydrogen) atoms. The predicted molar refractivity (Wildman–Crippen MR) is 68.8 cm³/mol. The van der Waals surface area contributed by atoms with E-state index in [0.29, 0.717) is 12.2 Å². The van der Waals surface area contributed by atoms with Crippen molar-refractivity contribution in [1.82, 2.24) is 15.3 Å². The molecule has 0 atom stereocenters. The highest BCUT2D eigenvalue weighted by Crippen LogP contribution is 2.08. The number of carbonyl (C=O) groups excluding carboxylic acids is 1. The fourth-order valence-electron chi connectivity index (χ4n) is 1.50. The topological polar surface area (TPSA) is 66.9 Å². The van der Waals surface area contributed by atoms with Crippen molar-refractivity contribution in [3.8, 4) is 0 Å². The van der Waals surface area contributed by atoms with E-state index in [9.17, 15) is 9.18 Å². The fraction of sp³-hybridized carbons (Fsp3) is 0.154. The standard InChI is InChI=1S/C13H13FN4O/c14-10-2-1-3-11(6-10)18-13(19)8-16-7-12-4-5-15-9-17-12/h1-6,9,16H,7-8H2,(H,18,19). The molecule has 0 saturated carbocycles. The Kier molecular flexibility index (Phi) is 4.52. The second-order valence-corrected chi connectivity index (χ2v) is 3.86. The van der Waals surface area contributed by atoms with Gasteiger partial charge in [-0.3, -0.25) is 4.79 Å². The summed E-state index contributed by atoms with van der Waals surface area (Å²) in [4.78, 5) is 19.4. The fourth-order valence-corrected chi connectivity index (χ4v) is 1.50. The summed E-state index contributed by atoms with van der Waals surface area (Å²) in [5.74, 6) is -0.619. The second kappa shape index (κ2) is 6.55. The van der Waals surface area contributed by atoms with Crippen LogP contribution in [0.25, 0.3) is 0 Å². The SMILES string of the molecule is O=C(CNCc1ccncn1)Nc1cccc(F)c1. The van der Waals surface area contributed by atoms with Gasteiger partial charge in [0.2, 0.25) is 5.91 Å². The third kappa shape index (κ3) is 4.44. The van der Waals surface area contributed by atoms with Gasteiger partial charge in [-0.15, -0.1) is 0 Å². The number of carbonyl (C=O) groups is 1. The van der Waals surface area contributed by atoms with Crippen LogP contribution in [0.2, 0.25) is 0 Å². The summed E-state index contributed by atoms with van der Waals surface area (Å²) in [6.07, 6.45) is 3.08. The molecule has 0 fully saturated rings. The van der Waals surface area contributed by atoms with Crippen LogP contribution in [-0.4, -0.2) is 22.4 Å². The predicted octanol–water partition coefficient (Wildman–Crippen LogP) is 1.34. The first-order chi connectivity index (χ1) is 9.24. The van der Waals surface area contributed by atoms with E-state index in [1.807, 2.05) is 0 Å². The largest absolute Gasteiger partial charge is 0.325 e. The van der Waals surface area contributed by atoms with Crippen LogP contribution < -0.4 is 10.6 Å². The quantitative estimate of drug-likeness (QED) is 0.851.